The second-order valence-corrected chi connectivity index (χ2v) is 9.48. The van der Waals surface area contributed by atoms with Crippen molar-refractivity contribution in [1.29, 1.82) is 0 Å². The molecule has 2 aromatic rings. The zero-order valence-electron chi connectivity index (χ0n) is 18.2. The molecule has 8 heteroatoms. The van der Waals surface area contributed by atoms with Gasteiger partial charge in [0.25, 0.3) is 5.91 Å². The molecule has 1 N–H and O–H groups in total. The average molecular weight is 425 g/mol. The van der Waals surface area contributed by atoms with Crippen molar-refractivity contribution >= 4 is 12.0 Å². The minimum atomic E-state index is -0.602. The van der Waals surface area contributed by atoms with Gasteiger partial charge in [0, 0.05) is 19.5 Å². The molecule has 3 heterocycles. The highest BCUT2D eigenvalue weighted by molar-refractivity contribution is 5.78. The Morgan fingerprint density at radius 1 is 1.23 bits per heavy atom. The molecule has 2 amide bonds. The predicted octanol–water partition coefficient (Wildman–Crippen LogP) is 3.09. The predicted molar refractivity (Wildman–Crippen MR) is 113 cm³/mol. The maximum absolute atomic E-state index is 12.9. The molecule has 5 rings (SSSR count). The number of nitrogens with zero attached hydrogens (tertiary/aromatic N) is 3. The molecular weight excluding hydrogens is 396 g/mol. The fraction of sp³-hybridized carbons (Fsp3) is 0.522. The van der Waals surface area contributed by atoms with Crippen LogP contribution in [0.1, 0.15) is 62.4 Å². The van der Waals surface area contributed by atoms with E-state index >= 15 is 0 Å². The van der Waals surface area contributed by atoms with Crippen LogP contribution in [0.2, 0.25) is 0 Å². The van der Waals surface area contributed by atoms with E-state index in [1.54, 1.807) is 4.90 Å². The molecule has 1 saturated carbocycles. The lowest BCUT2D eigenvalue weighted by Crippen LogP contribution is -2.48. The van der Waals surface area contributed by atoms with E-state index in [0.717, 1.165) is 16.9 Å². The Morgan fingerprint density at radius 3 is 2.65 bits per heavy atom. The quantitative estimate of drug-likeness (QED) is 0.801. The molecule has 3 aliphatic rings. The third kappa shape index (κ3) is 3.86. The van der Waals surface area contributed by atoms with Gasteiger partial charge in [-0.15, -0.1) is 5.10 Å². The van der Waals surface area contributed by atoms with Gasteiger partial charge in [-0.05, 0) is 57.2 Å². The molecular formula is C23H28N4O4. The number of hydrogen-bond acceptors (Lipinski definition) is 5. The highest BCUT2D eigenvalue weighted by Crippen LogP contribution is 2.41. The summed E-state index contributed by atoms with van der Waals surface area (Å²) in [6.07, 6.45) is 2.75. The highest BCUT2D eigenvalue weighted by atomic mass is 16.6. The number of hydrogen-bond donors (Lipinski definition) is 1. The molecule has 8 nitrogen and oxygen atoms in total. The van der Waals surface area contributed by atoms with Crippen LogP contribution in [0.25, 0.3) is 5.69 Å². The van der Waals surface area contributed by atoms with E-state index in [4.69, 9.17) is 14.6 Å². The Bertz CT molecular complexity index is 1020. The second kappa shape index (κ2) is 7.28. The Labute approximate surface area is 181 Å². The normalized spacial score (nSPS) is 20.8. The van der Waals surface area contributed by atoms with Crippen molar-refractivity contribution < 1.29 is 19.1 Å². The first-order valence-electron chi connectivity index (χ1n) is 10.9. The third-order valence-electron chi connectivity index (χ3n) is 5.93. The van der Waals surface area contributed by atoms with Gasteiger partial charge in [-0.25, -0.2) is 9.48 Å². The number of carbonyl (C=O) groups is 2. The number of rotatable bonds is 2. The van der Waals surface area contributed by atoms with Crippen molar-refractivity contribution in [3.8, 4) is 11.6 Å². The number of ether oxygens (including phenoxy) is 2. The monoisotopic (exact) mass is 424 g/mol. The van der Waals surface area contributed by atoms with Crippen molar-refractivity contribution in [2.45, 2.75) is 57.6 Å². The van der Waals surface area contributed by atoms with Crippen molar-refractivity contribution in [2.24, 2.45) is 0 Å². The van der Waals surface area contributed by atoms with Crippen molar-refractivity contribution in [2.75, 3.05) is 19.7 Å². The Balaban J connectivity index is 1.53. The molecule has 0 radical (unpaired) electrons. The summed E-state index contributed by atoms with van der Waals surface area (Å²) in [4.78, 5) is 26.7. The molecule has 2 aliphatic heterocycles. The second-order valence-electron chi connectivity index (χ2n) is 9.48. The van der Waals surface area contributed by atoms with Crippen molar-refractivity contribution in [1.82, 2.24) is 20.0 Å². The maximum Gasteiger partial charge on any atom is 0.410 e. The first kappa shape index (κ1) is 19.9. The first-order chi connectivity index (χ1) is 14.8. The molecule has 31 heavy (non-hydrogen) atoms. The molecule has 1 aromatic heterocycles. The van der Waals surface area contributed by atoms with E-state index in [0.29, 0.717) is 31.3 Å². The van der Waals surface area contributed by atoms with Gasteiger partial charge in [-0.3, -0.25) is 9.69 Å². The van der Waals surface area contributed by atoms with E-state index in [1.807, 2.05) is 25.5 Å². The van der Waals surface area contributed by atoms with Crippen LogP contribution in [0.3, 0.4) is 0 Å². The topological polar surface area (TPSA) is 85.7 Å². The van der Waals surface area contributed by atoms with Gasteiger partial charge < -0.3 is 14.8 Å². The van der Waals surface area contributed by atoms with Gasteiger partial charge in [0.1, 0.15) is 5.60 Å². The molecule has 0 unspecified atom stereocenters. The zero-order chi connectivity index (χ0) is 21.8. The summed E-state index contributed by atoms with van der Waals surface area (Å²) in [5.74, 6) is 0.872. The Kier molecular flexibility index (Phi) is 4.68. The van der Waals surface area contributed by atoms with Gasteiger partial charge in [-0.1, -0.05) is 12.1 Å². The molecule has 1 fully saturated rings. The summed E-state index contributed by atoms with van der Waals surface area (Å²) < 4.78 is 13.3. The number of benzene rings is 1. The Hall–Kier alpha value is -3.03. The summed E-state index contributed by atoms with van der Waals surface area (Å²) >= 11 is 0. The fourth-order valence-electron chi connectivity index (χ4n) is 4.33. The number of carbonyl (C=O) groups excluding carboxylic acids is 2. The summed E-state index contributed by atoms with van der Waals surface area (Å²) in [7, 11) is 0. The van der Waals surface area contributed by atoms with Crippen LogP contribution >= 0.6 is 0 Å². The van der Waals surface area contributed by atoms with Crippen LogP contribution in [0.4, 0.5) is 4.79 Å². The van der Waals surface area contributed by atoms with Crippen molar-refractivity contribution in [3.05, 3.63) is 41.1 Å². The largest absolute Gasteiger partial charge is 0.466 e. The molecule has 0 bridgehead atoms. The smallest absolute Gasteiger partial charge is 0.410 e. The summed E-state index contributed by atoms with van der Waals surface area (Å²) in [6, 6.07) is 8.11. The molecule has 0 saturated heterocycles. The minimum absolute atomic E-state index is 0.0940. The lowest BCUT2D eigenvalue weighted by Gasteiger charge is -2.37. The maximum atomic E-state index is 12.9. The molecule has 164 valence electrons. The standard InChI is InChI=1S/C23H28N4O4/c1-23(2,3)31-22(29)26-11-10-17-20-18(26)12-24-19(28)13-30-21(20)25-27(17)16-8-6-15(7-9-16)14-4-5-14/h6-9,14,18H,4-5,10-13H2,1-3H3,(H,24,28)/t18-/m0/s1. The van der Waals surface area contributed by atoms with Crippen LogP contribution < -0.4 is 10.1 Å². The van der Waals surface area contributed by atoms with Crippen LogP contribution in [-0.4, -0.2) is 52.0 Å². The summed E-state index contributed by atoms with van der Waals surface area (Å²) in [5.41, 5.74) is 3.58. The highest BCUT2D eigenvalue weighted by Gasteiger charge is 2.40. The van der Waals surface area contributed by atoms with Crippen LogP contribution in [0.15, 0.2) is 24.3 Å². The van der Waals surface area contributed by atoms with Gasteiger partial charge in [0.15, 0.2) is 6.61 Å². The molecule has 1 aliphatic carbocycles. The van der Waals surface area contributed by atoms with E-state index in [2.05, 4.69) is 29.6 Å². The van der Waals surface area contributed by atoms with Gasteiger partial charge in [0.05, 0.1) is 23.0 Å². The summed E-state index contributed by atoms with van der Waals surface area (Å²) in [5, 5.41) is 7.57. The van der Waals surface area contributed by atoms with E-state index < -0.39 is 17.7 Å². The zero-order valence-corrected chi connectivity index (χ0v) is 18.2. The lowest BCUT2D eigenvalue weighted by molar-refractivity contribution is -0.123. The first-order valence-corrected chi connectivity index (χ1v) is 10.9. The minimum Gasteiger partial charge on any atom is -0.466 e. The van der Waals surface area contributed by atoms with Gasteiger partial charge in [0.2, 0.25) is 5.88 Å². The summed E-state index contributed by atoms with van der Waals surface area (Å²) in [6.45, 7) is 6.22. The van der Waals surface area contributed by atoms with Gasteiger partial charge >= 0.3 is 6.09 Å². The molecule has 1 aromatic carbocycles. The number of nitrogens with one attached hydrogen (secondary N) is 1. The van der Waals surface area contributed by atoms with E-state index in [9.17, 15) is 9.59 Å². The third-order valence-corrected chi connectivity index (χ3v) is 5.93. The van der Waals surface area contributed by atoms with Crippen LogP contribution in [-0.2, 0) is 16.0 Å². The van der Waals surface area contributed by atoms with Crippen LogP contribution in [0, 0.1) is 0 Å². The van der Waals surface area contributed by atoms with E-state index in [1.165, 1.54) is 18.4 Å². The fourth-order valence-corrected chi connectivity index (χ4v) is 4.33. The van der Waals surface area contributed by atoms with Gasteiger partial charge in [-0.2, -0.15) is 0 Å². The molecule has 0 spiro atoms. The van der Waals surface area contributed by atoms with Crippen LogP contribution in [0.5, 0.6) is 5.88 Å². The Morgan fingerprint density at radius 2 is 1.97 bits per heavy atom. The molecule has 1 atom stereocenters. The average Bonchev–Trinajstić information content (AvgIpc) is 3.49. The lowest BCUT2D eigenvalue weighted by atomic mass is 9.98. The van der Waals surface area contributed by atoms with E-state index in [-0.39, 0.29) is 12.5 Å². The number of aromatic nitrogens is 2. The number of amides is 2. The SMILES string of the molecule is CC(C)(C)OC(=O)N1CCc2c3c(nn2-c2ccc(C4CC4)cc2)OCC(=O)NC[C@@H]31. The van der Waals surface area contributed by atoms with Crippen molar-refractivity contribution in [3.63, 3.8) is 0 Å².